The van der Waals surface area contributed by atoms with Crippen LogP contribution in [0.1, 0.15) is 48.5 Å². The van der Waals surface area contributed by atoms with Gasteiger partial charge in [0.05, 0.1) is 6.42 Å². The van der Waals surface area contributed by atoms with Gasteiger partial charge in [-0.3, -0.25) is 29.4 Å². The largest absolute Gasteiger partial charge is 0.454 e. The van der Waals surface area contributed by atoms with Crippen LogP contribution >= 0.6 is 0 Å². The Morgan fingerprint density at radius 3 is 2.63 bits per heavy atom. The van der Waals surface area contributed by atoms with Crippen molar-refractivity contribution in [3.63, 3.8) is 0 Å². The molecule has 1 heterocycles. The van der Waals surface area contributed by atoms with Crippen LogP contribution in [0, 0.1) is 5.92 Å². The number of hydrogen-bond acceptors (Lipinski definition) is 6. The molecule has 1 aliphatic carbocycles. The molecular weight excluding hydrogens is 390 g/mol. The van der Waals surface area contributed by atoms with Gasteiger partial charge in [0.25, 0.3) is 11.8 Å². The van der Waals surface area contributed by atoms with Crippen molar-refractivity contribution >= 4 is 29.7 Å². The molecule has 9 heteroatoms. The van der Waals surface area contributed by atoms with Crippen molar-refractivity contribution in [2.75, 3.05) is 13.2 Å². The van der Waals surface area contributed by atoms with Crippen LogP contribution in [0.15, 0.2) is 24.3 Å². The molecule has 3 rings (SSSR count). The normalized spacial score (nSPS) is 20.9. The van der Waals surface area contributed by atoms with Crippen LogP contribution in [0.4, 0.5) is 4.79 Å². The Bertz CT molecular complexity index is 868. The quantitative estimate of drug-likeness (QED) is 0.550. The first kappa shape index (κ1) is 21.5. The predicted octanol–water partition coefficient (Wildman–Crippen LogP) is 1.16. The van der Waals surface area contributed by atoms with Crippen LogP contribution in [0.2, 0.25) is 0 Å². The van der Waals surface area contributed by atoms with Crippen molar-refractivity contribution in [3.8, 4) is 0 Å². The molecule has 160 valence electrons. The van der Waals surface area contributed by atoms with Gasteiger partial charge in [-0.05, 0) is 30.4 Å². The lowest BCUT2D eigenvalue weighted by molar-refractivity contribution is -0.151. The number of rotatable bonds is 5. The highest BCUT2D eigenvalue weighted by Gasteiger charge is 2.32. The number of ether oxygens (including phenoxy) is 1. The van der Waals surface area contributed by atoms with Gasteiger partial charge in [0, 0.05) is 11.6 Å². The number of imide groups is 2. The number of hydrogen-bond donors (Lipinski definition) is 2. The van der Waals surface area contributed by atoms with Gasteiger partial charge < -0.3 is 10.1 Å². The van der Waals surface area contributed by atoms with Gasteiger partial charge in [0.2, 0.25) is 5.91 Å². The molecule has 9 nitrogen and oxygen atoms in total. The summed E-state index contributed by atoms with van der Waals surface area (Å²) in [6.45, 7) is 0.777. The van der Waals surface area contributed by atoms with Crippen LogP contribution in [0.25, 0.3) is 0 Å². The molecular formula is C21H25N3O6. The van der Waals surface area contributed by atoms with Crippen LogP contribution in [0.5, 0.6) is 0 Å². The average molecular weight is 415 g/mol. The Hall–Kier alpha value is -3.23. The summed E-state index contributed by atoms with van der Waals surface area (Å²) >= 11 is 0. The maximum Gasteiger partial charge on any atom is 0.326 e. The van der Waals surface area contributed by atoms with Gasteiger partial charge in [-0.1, -0.05) is 38.0 Å². The lowest BCUT2D eigenvalue weighted by Crippen LogP contribution is -2.49. The van der Waals surface area contributed by atoms with Gasteiger partial charge in [0.15, 0.2) is 6.61 Å². The maximum absolute atomic E-state index is 12.4. The van der Waals surface area contributed by atoms with E-state index < -0.39 is 42.9 Å². The average Bonchev–Trinajstić information content (AvgIpc) is 2.71. The molecule has 0 aromatic heterocycles. The van der Waals surface area contributed by atoms with Crippen LogP contribution in [-0.4, -0.2) is 53.8 Å². The number of fused-ring (bicyclic) bond motifs is 1. The van der Waals surface area contributed by atoms with Gasteiger partial charge >= 0.3 is 12.0 Å². The Labute approximate surface area is 174 Å². The minimum atomic E-state index is -0.910. The zero-order valence-corrected chi connectivity index (χ0v) is 16.8. The van der Waals surface area contributed by atoms with Crippen molar-refractivity contribution in [2.45, 2.75) is 45.1 Å². The highest BCUT2D eigenvalue weighted by atomic mass is 16.5. The molecule has 0 unspecified atom stereocenters. The summed E-state index contributed by atoms with van der Waals surface area (Å²) in [7, 11) is 0. The zero-order chi connectivity index (χ0) is 21.7. The highest BCUT2D eigenvalue weighted by molar-refractivity contribution is 6.11. The number of nitrogens with one attached hydrogen (secondary N) is 2. The van der Waals surface area contributed by atoms with Gasteiger partial charge in [-0.15, -0.1) is 0 Å². The summed E-state index contributed by atoms with van der Waals surface area (Å²) in [6.07, 6.45) is 4.05. The number of carbonyl (C=O) groups excluding carboxylic acids is 5. The fourth-order valence-corrected chi connectivity index (χ4v) is 3.78. The highest BCUT2D eigenvalue weighted by Crippen LogP contribution is 2.23. The molecule has 2 aliphatic rings. The van der Waals surface area contributed by atoms with E-state index in [9.17, 15) is 24.0 Å². The van der Waals surface area contributed by atoms with E-state index in [1.807, 2.05) is 0 Å². The van der Waals surface area contributed by atoms with Crippen LogP contribution in [-0.2, 0) is 25.5 Å². The molecule has 1 aliphatic heterocycles. The second kappa shape index (κ2) is 9.51. The first-order valence-corrected chi connectivity index (χ1v) is 10.0. The van der Waals surface area contributed by atoms with Gasteiger partial charge in [-0.25, -0.2) is 4.79 Å². The van der Waals surface area contributed by atoms with E-state index in [-0.39, 0.29) is 12.5 Å². The second-order valence-electron chi connectivity index (χ2n) is 7.67. The summed E-state index contributed by atoms with van der Waals surface area (Å²) in [5, 5.41) is 4.89. The van der Waals surface area contributed by atoms with E-state index in [0.717, 1.165) is 30.6 Å². The minimum Gasteiger partial charge on any atom is -0.454 e. The van der Waals surface area contributed by atoms with E-state index in [4.69, 9.17) is 4.74 Å². The van der Waals surface area contributed by atoms with E-state index in [1.165, 1.54) is 0 Å². The lowest BCUT2D eigenvalue weighted by atomic mass is 9.86. The third-order valence-corrected chi connectivity index (χ3v) is 5.47. The molecule has 1 aromatic rings. The summed E-state index contributed by atoms with van der Waals surface area (Å²) in [6, 6.07) is 6.05. The van der Waals surface area contributed by atoms with Gasteiger partial charge in [0.1, 0.15) is 6.54 Å². The molecule has 0 bridgehead atoms. The summed E-state index contributed by atoms with van der Waals surface area (Å²) in [5.74, 6) is -2.45. The van der Waals surface area contributed by atoms with E-state index >= 15 is 0 Å². The Morgan fingerprint density at radius 1 is 1.13 bits per heavy atom. The fourth-order valence-electron chi connectivity index (χ4n) is 3.78. The summed E-state index contributed by atoms with van der Waals surface area (Å²) in [4.78, 5) is 61.2. The van der Waals surface area contributed by atoms with Crippen molar-refractivity contribution < 1.29 is 28.7 Å². The zero-order valence-electron chi connectivity index (χ0n) is 16.8. The Morgan fingerprint density at radius 2 is 1.87 bits per heavy atom. The fraction of sp³-hybridized carbons (Fsp3) is 0.476. The number of nitrogens with zero attached hydrogens (tertiary/aromatic N) is 1. The first-order valence-electron chi connectivity index (χ1n) is 10.0. The van der Waals surface area contributed by atoms with Crippen molar-refractivity contribution in [1.82, 2.24) is 15.5 Å². The number of amides is 5. The van der Waals surface area contributed by atoms with Crippen molar-refractivity contribution in [1.29, 1.82) is 0 Å². The Balaban J connectivity index is 1.44. The van der Waals surface area contributed by atoms with Crippen LogP contribution in [0.3, 0.4) is 0 Å². The third kappa shape index (κ3) is 5.22. The molecule has 5 amide bonds. The number of esters is 1. The monoisotopic (exact) mass is 415 g/mol. The standard InChI is InChI=1S/C21H25N3O6/c1-13-6-2-5-9-16(13)22-21(29)23-17(25)12-30-19(27)11-24-18(26)10-14-7-3-4-8-15(14)20(24)28/h3-4,7-8,13,16H,2,5-6,9-12H2,1H3,(H2,22,23,25,29)/t13-,16+/m1/s1. The Kier molecular flexibility index (Phi) is 6.81. The topological polar surface area (TPSA) is 122 Å². The van der Waals surface area contributed by atoms with E-state index in [1.54, 1.807) is 24.3 Å². The van der Waals surface area contributed by atoms with Crippen molar-refractivity contribution in [3.05, 3.63) is 35.4 Å². The summed E-state index contributed by atoms with van der Waals surface area (Å²) in [5.41, 5.74) is 0.964. The van der Waals surface area contributed by atoms with Crippen molar-refractivity contribution in [2.24, 2.45) is 5.92 Å². The molecule has 0 spiro atoms. The molecule has 1 fully saturated rings. The number of urea groups is 1. The molecule has 2 N–H and O–H groups in total. The lowest BCUT2D eigenvalue weighted by Gasteiger charge is -2.29. The predicted molar refractivity (Wildman–Crippen MR) is 105 cm³/mol. The third-order valence-electron chi connectivity index (χ3n) is 5.47. The SMILES string of the molecule is C[C@@H]1CCCC[C@@H]1NC(=O)NC(=O)COC(=O)CN1C(=O)Cc2ccccc2C1=O. The molecule has 2 atom stereocenters. The smallest absolute Gasteiger partial charge is 0.326 e. The van der Waals surface area contributed by atoms with E-state index in [0.29, 0.717) is 17.0 Å². The number of carbonyl (C=O) groups is 5. The van der Waals surface area contributed by atoms with Gasteiger partial charge in [-0.2, -0.15) is 0 Å². The molecule has 0 saturated heterocycles. The molecule has 1 saturated carbocycles. The maximum atomic E-state index is 12.4. The minimum absolute atomic E-state index is 0.00750. The van der Waals surface area contributed by atoms with E-state index in [2.05, 4.69) is 17.6 Å². The molecule has 1 aromatic carbocycles. The first-order chi connectivity index (χ1) is 14.3. The number of benzene rings is 1. The molecule has 0 radical (unpaired) electrons. The second-order valence-corrected chi connectivity index (χ2v) is 7.67. The molecule has 30 heavy (non-hydrogen) atoms. The van der Waals surface area contributed by atoms with Crippen LogP contribution < -0.4 is 10.6 Å². The summed E-state index contributed by atoms with van der Waals surface area (Å²) < 4.78 is 4.83.